The molecule has 5 amide bonds. The van der Waals surface area contributed by atoms with Gasteiger partial charge in [-0.3, -0.25) is 14.4 Å². The quantitative estimate of drug-likeness (QED) is 0.204. The Balaban J connectivity index is 1.36. The molecule has 282 valence electrons. The smallest absolute Gasteiger partial charge is 0.315 e. The summed E-state index contributed by atoms with van der Waals surface area (Å²) in [5.41, 5.74) is -1.43. The lowest BCUT2D eigenvalue weighted by atomic mass is 9.83. The van der Waals surface area contributed by atoms with Gasteiger partial charge in [0, 0.05) is 25.6 Å². The number of hydrogen-bond acceptors (Lipinski definition) is 6. The van der Waals surface area contributed by atoms with E-state index in [1.165, 1.54) is 0 Å². The minimum Gasteiger partial charge on any atom is -0.353 e. The highest BCUT2D eigenvalue weighted by molar-refractivity contribution is 7.92. The Labute approximate surface area is 300 Å². The van der Waals surface area contributed by atoms with Crippen molar-refractivity contribution in [2.45, 2.75) is 153 Å². The Morgan fingerprint density at radius 3 is 2.14 bits per heavy atom. The summed E-state index contributed by atoms with van der Waals surface area (Å²) in [6, 6.07) is -2.51. The Morgan fingerprint density at radius 2 is 1.58 bits per heavy atom. The summed E-state index contributed by atoms with van der Waals surface area (Å²) in [4.78, 5) is 57.4. The SMILES string of the molecule is C=CCNC(=O)CC(CC1CC1)NC(=O)[C@@H]1[C@H]2CCC3(CC3)[C@H]2CN1C(=O)[C@@H](NC(=O)NC1(CS(=O)(=O)C(C)(C)C)CCCCC1)C(C)(C)C. The van der Waals surface area contributed by atoms with Crippen LogP contribution in [0.3, 0.4) is 0 Å². The van der Waals surface area contributed by atoms with Gasteiger partial charge >= 0.3 is 6.03 Å². The van der Waals surface area contributed by atoms with Crippen LogP contribution in [0.15, 0.2) is 12.7 Å². The topological polar surface area (TPSA) is 154 Å². The van der Waals surface area contributed by atoms with Gasteiger partial charge in [-0.2, -0.15) is 0 Å². The fraction of sp³-hybridized carbons (Fsp3) is 0.842. The summed E-state index contributed by atoms with van der Waals surface area (Å²) in [5.74, 6) is -0.0560. The number of nitrogens with zero attached hydrogens (tertiary/aromatic N) is 1. The molecule has 5 fully saturated rings. The first-order valence-corrected chi connectivity index (χ1v) is 20.7. The van der Waals surface area contributed by atoms with Gasteiger partial charge < -0.3 is 26.2 Å². The largest absolute Gasteiger partial charge is 0.353 e. The van der Waals surface area contributed by atoms with Crippen molar-refractivity contribution in [2.75, 3.05) is 18.8 Å². The van der Waals surface area contributed by atoms with Crippen molar-refractivity contribution in [1.82, 2.24) is 26.2 Å². The molecule has 4 N–H and O–H groups in total. The van der Waals surface area contributed by atoms with Crippen molar-refractivity contribution in [1.29, 1.82) is 0 Å². The first-order chi connectivity index (χ1) is 23.3. The summed E-state index contributed by atoms with van der Waals surface area (Å²) in [6.07, 6.45) is 12.6. The Morgan fingerprint density at radius 1 is 0.920 bits per heavy atom. The number of likely N-dealkylation sites (tertiary alicyclic amines) is 1. The highest BCUT2D eigenvalue weighted by Gasteiger charge is 2.64. The van der Waals surface area contributed by atoms with E-state index >= 15 is 0 Å². The molecule has 1 unspecified atom stereocenters. The fourth-order valence-corrected chi connectivity index (χ4v) is 10.5. The van der Waals surface area contributed by atoms with Crippen molar-refractivity contribution in [2.24, 2.45) is 28.6 Å². The molecule has 1 saturated heterocycles. The standard InChI is InChI=1S/C38H63N5O6S/c1-8-20-39-29(44)22-26(21-25-12-13-25)40-32(45)30-27-14-17-37(18-19-37)28(27)23-43(30)33(46)31(35(2,3)4)41-34(47)42-38(15-10-9-11-16-38)24-50(48,49)36(5,6)7/h8,25-28,30-31H,1,9-24H2,2-7H3,(H,39,44)(H,40,45)(H2,41,42,47)/t26?,27-,28-,30-,31+/m0/s1. The molecule has 0 bridgehead atoms. The molecule has 4 saturated carbocycles. The van der Waals surface area contributed by atoms with E-state index < -0.39 is 43.7 Å². The van der Waals surface area contributed by atoms with Crippen LogP contribution in [0.4, 0.5) is 4.79 Å². The van der Waals surface area contributed by atoms with Crippen LogP contribution in [0.5, 0.6) is 0 Å². The molecule has 5 atom stereocenters. The average Bonchev–Trinajstić information content (AvgIpc) is 3.92. The molecule has 0 aromatic rings. The lowest BCUT2D eigenvalue weighted by Gasteiger charge is -2.41. The molecule has 0 aromatic heterocycles. The molecular weight excluding hydrogens is 655 g/mol. The minimum absolute atomic E-state index is 0.0279. The molecule has 1 spiro atoms. The number of nitrogens with one attached hydrogen (secondary N) is 4. The van der Waals surface area contributed by atoms with Crippen LogP contribution < -0.4 is 21.3 Å². The van der Waals surface area contributed by atoms with Crippen LogP contribution in [-0.4, -0.2) is 84.3 Å². The summed E-state index contributed by atoms with van der Waals surface area (Å²) in [5, 5.41) is 12.1. The Bertz CT molecular complexity index is 1420. The predicted octanol–water partition coefficient (Wildman–Crippen LogP) is 4.61. The van der Waals surface area contributed by atoms with Crippen LogP contribution in [0.2, 0.25) is 0 Å². The second-order valence-corrected chi connectivity index (χ2v) is 21.1. The van der Waals surface area contributed by atoms with Crippen LogP contribution >= 0.6 is 0 Å². The fourth-order valence-electron chi connectivity index (χ4n) is 8.96. The molecule has 50 heavy (non-hydrogen) atoms. The number of sulfone groups is 1. The van der Waals surface area contributed by atoms with Gasteiger partial charge in [0.2, 0.25) is 17.7 Å². The maximum absolute atomic E-state index is 14.7. The number of amides is 5. The first kappa shape index (κ1) is 38.6. The number of carbonyl (C=O) groups is 4. The Hall–Kier alpha value is -2.63. The van der Waals surface area contributed by atoms with Crippen molar-refractivity contribution >= 4 is 33.6 Å². The zero-order valence-electron chi connectivity index (χ0n) is 31.4. The first-order valence-electron chi connectivity index (χ1n) is 19.1. The second kappa shape index (κ2) is 14.4. The van der Waals surface area contributed by atoms with Crippen LogP contribution in [0, 0.1) is 28.6 Å². The van der Waals surface area contributed by atoms with Gasteiger partial charge in [0.25, 0.3) is 0 Å². The highest BCUT2D eigenvalue weighted by Crippen LogP contribution is 2.66. The van der Waals surface area contributed by atoms with Crippen LogP contribution in [0.25, 0.3) is 0 Å². The van der Waals surface area contributed by atoms with E-state index in [-0.39, 0.29) is 53.2 Å². The molecule has 1 aliphatic heterocycles. The van der Waals surface area contributed by atoms with Crippen molar-refractivity contribution in [3.05, 3.63) is 12.7 Å². The van der Waals surface area contributed by atoms with Crippen LogP contribution in [-0.2, 0) is 24.2 Å². The van der Waals surface area contributed by atoms with E-state index in [1.807, 2.05) is 20.8 Å². The van der Waals surface area contributed by atoms with Gasteiger partial charge in [0.1, 0.15) is 12.1 Å². The molecule has 11 nitrogen and oxygen atoms in total. The number of carbonyl (C=O) groups excluding carboxylic acids is 4. The third-order valence-corrected chi connectivity index (χ3v) is 15.2. The molecular formula is C38H63N5O6S. The summed E-state index contributed by atoms with van der Waals surface area (Å²) in [7, 11) is -3.54. The van der Waals surface area contributed by atoms with Gasteiger partial charge in [-0.15, -0.1) is 6.58 Å². The number of rotatable bonds is 13. The minimum atomic E-state index is -3.54. The summed E-state index contributed by atoms with van der Waals surface area (Å²) in [6.45, 7) is 15.3. The molecule has 0 radical (unpaired) electrons. The number of fused-ring (bicyclic) bond motifs is 2. The lowest BCUT2D eigenvalue weighted by molar-refractivity contribution is -0.143. The zero-order valence-corrected chi connectivity index (χ0v) is 32.2. The molecule has 5 rings (SSSR count). The summed E-state index contributed by atoms with van der Waals surface area (Å²) < 4.78 is 25.8. The number of hydrogen-bond donors (Lipinski definition) is 4. The molecule has 1 heterocycles. The van der Waals surface area contributed by atoms with Crippen molar-refractivity contribution in [3.63, 3.8) is 0 Å². The lowest BCUT2D eigenvalue weighted by Crippen LogP contribution is -2.63. The number of urea groups is 1. The third kappa shape index (κ3) is 8.69. The van der Waals surface area contributed by atoms with Gasteiger partial charge in [-0.25, -0.2) is 13.2 Å². The normalized spacial score (nSPS) is 26.8. The van der Waals surface area contributed by atoms with Gasteiger partial charge in [0.05, 0.1) is 16.0 Å². The van der Waals surface area contributed by atoms with Gasteiger partial charge in [0.15, 0.2) is 9.84 Å². The van der Waals surface area contributed by atoms with E-state index in [2.05, 4.69) is 27.8 Å². The zero-order chi connectivity index (χ0) is 36.7. The van der Waals surface area contributed by atoms with E-state index in [0.29, 0.717) is 31.8 Å². The molecule has 4 aliphatic carbocycles. The van der Waals surface area contributed by atoms with Gasteiger partial charge in [-0.05, 0) is 94.3 Å². The van der Waals surface area contributed by atoms with E-state index in [9.17, 15) is 27.6 Å². The maximum Gasteiger partial charge on any atom is 0.315 e. The van der Waals surface area contributed by atoms with Crippen LogP contribution in [0.1, 0.15) is 125 Å². The monoisotopic (exact) mass is 717 g/mol. The van der Waals surface area contributed by atoms with E-state index in [1.54, 1.807) is 31.7 Å². The van der Waals surface area contributed by atoms with Gasteiger partial charge in [-0.1, -0.05) is 59.0 Å². The van der Waals surface area contributed by atoms with E-state index in [0.717, 1.165) is 64.2 Å². The average molecular weight is 718 g/mol. The Kier molecular flexibility index (Phi) is 11.1. The molecule has 5 aliphatic rings. The maximum atomic E-state index is 14.7. The second-order valence-electron chi connectivity index (χ2n) is 18.4. The highest BCUT2D eigenvalue weighted by atomic mass is 32.2. The van der Waals surface area contributed by atoms with Crippen molar-refractivity contribution in [3.8, 4) is 0 Å². The molecule has 0 aromatic carbocycles. The third-order valence-electron chi connectivity index (χ3n) is 12.4. The predicted molar refractivity (Wildman–Crippen MR) is 195 cm³/mol. The summed E-state index contributed by atoms with van der Waals surface area (Å²) >= 11 is 0. The van der Waals surface area contributed by atoms with E-state index in [4.69, 9.17) is 0 Å². The molecule has 12 heteroatoms. The van der Waals surface area contributed by atoms with Crippen molar-refractivity contribution < 1.29 is 27.6 Å².